The molecule has 5 fully saturated rings. The fraction of sp³-hybridized carbons (Fsp3) is 0.920. The van der Waals surface area contributed by atoms with Crippen molar-refractivity contribution in [3.8, 4) is 0 Å². The molecule has 5 heterocycles. The van der Waals surface area contributed by atoms with Crippen molar-refractivity contribution in [3.63, 3.8) is 0 Å². The SMILES string of the molecule is CC[C@H]1C[C@@H]2CC[C@@H](O2)[C@@H](C)C(=O)O[C@H](CC(C)C)C[C@H]2CC[C@H](O2)[C@H](C)C(=O)O[C@@H](CC(C)C)C[C@@H]2CC[C@@H](O2)[C@@H](C)C(=O)O[C@H](CC(C)C)C[C@H]2CC[C@H](O2)[C@H](C)C(=O)O1. The molecule has 0 aromatic carbocycles. The Balaban J connectivity index is 1.30. The van der Waals surface area contributed by atoms with E-state index in [4.69, 9.17) is 37.9 Å². The Kier molecular flexibility index (Phi) is 19.4. The van der Waals surface area contributed by atoms with Crippen LogP contribution in [0.4, 0.5) is 0 Å². The molecule has 16 atom stereocenters. The normalized spacial score (nSPS) is 40.2. The molecule has 12 nitrogen and oxygen atoms in total. The Morgan fingerprint density at radius 2 is 0.613 bits per heavy atom. The predicted octanol–water partition coefficient (Wildman–Crippen LogP) is 9.49. The highest BCUT2D eigenvalue weighted by Crippen LogP contribution is 2.36. The summed E-state index contributed by atoms with van der Waals surface area (Å²) in [6, 6.07) is 0. The molecule has 62 heavy (non-hydrogen) atoms. The largest absolute Gasteiger partial charge is 0.462 e. The van der Waals surface area contributed by atoms with Crippen LogP contribution in [0.2, 0.25) is 0 Å². The number of fused-ring (bicyclic) bond motifs is 8. The molecule has 0 N–H and O–H groups in total. The van der Waals surface area contributed by atoms with E-state index in [9.17, 15) is 19.2 Å². The Labute approximate surface area is 373 Å². The van der Waals surface area contributed by atoms with Crippen LogP contribution in [0.25, 0.3) is 0 Å². The highest BCUT2D eigenvalue weighted by molar-refractivity contribution is 5.74. The first-order chi connectivity index (χ1) is 29.4. The van der Waals surface area contributed by atoms with Crippen molar-refractivity contribution in [1.82, 2.24) is 0 Å². The molecule has 0 amide bonds. The average Bonchev–Trinajstić information content (AvgIpc) is 4.04. The van der Waals surface area contributed by atoms with Crippen LogP contribution in [0.3, 0.4) is 0 Å². The van der Waals surface area contributed by atoms with Gasteiger partial charge in [0.05, 0.1) is 72.5 Å². The Hall–Kier alpha value is -2.28. The van der Waals surface area contributed by atoms with Gasteiger partial charge in [0.2, 0.25) is 0 Å². The summed E-state index contributed by atoms with van der Waals surface area (Å²) < 4.78 is 50.8. The second-order valence-corrected chi connectivity index (χ2v) is 21.1. The molecule has 0 saturated carbocycles. The van der Waals surface area contributed by atoms with E-state index in [-0.39, 0.29) is 97.1 Å². The van der Waals surface area contributed by atoms with Crippen molar-refractivity contribution >= 4 is 23.9 Å². The van der Waals surface area contributed by atoms with E-state index in [1.165, 1.54) is 0 Å². The first-order valence-electron chi connectivity index (χ1n) is 24.8. The number of hydrogen-bond donors (Lipinski definition) is 0. The van der Waals surface area contributed by atoms with Gasteiger partial charge < -0.3 is 37.9 Å². The van der Waals surface area contributed by atoms with E-state index in [1.54, 1.807) is 0 Å². The number of carbonyl (C=O) groups excluding carboxylic acids is 4. The van der Waals surface area contributed by atoms with Crippen LogP contribution in [0.1, 0.15) is 179 Å². The van der Waals surface area contributed by atoms with Gasteiger partial charge in [-0.1, -0.05) is 48.5 Å². The molecule has 8 bridgehead atoms. The van der Waals surface area contributed by atoms with Crippen LogP contribution in [0.15, 0.2) is 0 Å². The van der Waals surface area contributed by atoms with E-state index in [1.807, 2.05) is 34.6 Å². The first-order valence-corrected chi connectivity index (χ1v) is 24.8. The van der Waals surface area contributed by atoms with Gasteiger partial charge in [-0.15, -0.1) is 0 Å². The molecule has 0 spiro atoms. The lowest BCUT2D eigenvalue weighted by Gasteiger charge is -2.28. The molecule has 5 aliphatic rings. The molecular weight excluding hydrogens is 793 g/mol. The minimum Gasteiger partial charge on any atom is -0.462 e. The van der Waals surface area contributed by atoms with E-state index < -0.39 is 23.7 Å². The van der Waals surface area contributed by atoms with Gasteiger partial charge in [0, 0.05) is 25.7 Å². The lowest BCUT2D eigenvalue weighted by Crippen LogP contribution is -2.35. The number of hydrogen-bond acceptors (Lipinski definition) is 12. The smallest absolute Gasteiger partial charge is 0.311 e. The lowest BCUT2D eigenvalue weighted by molar-refractivity contribution is -0.163. The lowest BCUT2D eigenvalue weighted by atomic mass is 9.97. The maximum Gasteiger partial charge on any atom is 0.311 e. The van der Waals surface area contributed by atoms with Crippen molar-refractivity contribution in [3.05, 3.63) is 0 Å². The van der Waals surface area contributed by atoms with E-state index >= 15 is 0 Å². The van der Waals surface area contributed by atoms with Crippen molar-refractivity contribution in [2.45, 2.75) is 252 Å². The van der Waals surface area contributed by atoms with Crippen molar-refractivity contribution in [1.29, 1.82) is 0 Å². The van der Waals surface area contributed by atoms with Gasteiger partial charge in [0.15, 0.2) is 0 Å². The first kappa shape index (κ1) is 50.7. The summed E-state index contributed by atoms with van der Waals surface area (Å²) in [7, 11) is 0. The van der Waals surface area contributed by atoms with Crippen molar-refractivity contribution in [2.75, 3.05) is 0 Å². The second kappa shape index (κ2) is 23.8. The highest BCUT2D eigenvalue weighted by atomic mass is 16.6. The Morgan fingerprint density at radius 1 is 0.387 bits per heavy atom. The minimum absolute atomic E-state index is 0.126. The average molecular weight is 877 g/mol. The zero-order valence-electron chi connectivity index (χ0n) is 40.2. The topological polar surface area (TPSA) is 142 Å². The van der Waals surface area contributed by atoms with Crippen molar-refractivity contribution in [2.24, 2.45) is 41.4 Å². The van der Waals surface area contributed by atoms with E-state index in [0.29, 0.717) is 69.1 Å². The summed E-state index contributed by atoms with van der Waals surface area (Å²) >= 11 is 0. The molecule has 5 rings (SSSR count). The predicted molar refractivity (Wildman–Crippen MR) is 235 cm³/mol. The van der Waals surface area contributed by atoms with Gasteiger partial charge in [-0.25, -0.2) is 0 Å². The standard InChI is InChI=1S/C50H84O12/c1-12-35-24-36-13-17-44(55-36)32(9)48(52)60-41(22-29(4)5)26-38-15-19-46(57-38)34(11)50(54)62-42(23-30(6)7)27-39-16-20-45(58-39)33(10)49(53)61-40(21-28(2)3)25-37-14-18-43(56-37)31(8)47(51)59-35/h28-46H,12-27H2,1-11H3/t31-,32+,33+,34-,35-,36-,37+,38+,39-,40+,41+,42-,43-,44+,45+,46-/m0/s1. The Morgan fingerprint density at radius 3 is 0.839 bits per heavy atom. The molecule has 0 unspecified atom stereocenters. The second-order valence-electron chi connectivity index (χ2n) is 21.1. The summed E-state index contributed by atoms with van der Waals surface area (Å²) in [5, 5.41) is 0. The van der Waals surface area contributed by atoms with Gasteiger partial charge in [-0.05, 0) is 122 Å². The van der Waals surface area contributed by atoms with Gasteiger partial charge >= 0.3 is 23.9 Å². The van der Waals surface area contributed by atoms with Crippen LogP contribution >= 0.6 is 0 Å². The molecule has 0 aliphatic carbocycles. The van der Waals surface area contributed by atoms with E-state index in [2.05, 4.69) is 41.5 Å². The third-order valence-electron chi connectivity index (χ3n) is 14.2. The molecule has 0 radical (unpaired) electrons. The number of cyclic esters (lactones) is 4. The minimum atomic E-state index is -0.451. The monoisotopic (exact) mass is 877 g/mol. The third-order valence-corrected chi connectivity index (χ3v) is 14.2. The van der Waals surface area contributed by atoms with Crippen LogP contribution < -0.4 is 0 Å². The zero-order valence-corrected chi connectivity index (χ0v) is 40.2. The fourth-order valence-electron chi connectivity index (χ4n) is 10.4. The molecule has 5 saturated heterocycles. The van der Waals surface area contributed by atoms with Gasteiger partial charge in [0.1, 0.15) is 24.4 Å². The Bertz CT molecular complexity index is 1420. The van der Waals surface area contributed by atoms with Crippen LogP contribution in [-0.2, 0) is 57.1 Å². The summed E-state index contributed by atoms with van der Waals surface area (Å²) in [5.41, 5.74) is 0. The molecular formula is C50H84O12. The highest BCUT2D eigenvalue weighted by Gasteiger charge is 2.42. The molecule has 356 valence electrons. The zero-order chi connectivity index (χ0) is 45.2. The quantitative estimate of drug-likeness (QED) is 0.178. The summed E-state index contributed by atoms with van der Waals surface area (Å²) in [4.78, 5) is 54.7. The van der Waals surface area contributed by atoms with Gasteiger partial charge in [0.25, 0.3) is 0 Å². The summed E-state index contributed by atoms with van der Waals surface area (Å²) in [5.74, 6) is -1.93. The fourth-order valence-corrected chi connectivity index (χ4v) is 10.4. The number of carbonyl (C=O) groups is 4. The molecule has 5 aliphatic heterocycles. The number of rotatable bonds is 7. The molecule has 12 heteroatoms. The maximum absolute atomic E-state index is 13.7. The third kappa shape index (κ3) is 14.9. The molecule has 0 aromatic rings. The number of esters is 4. The van der Waals surface area contributed by atoms with Crippen LogP contribution in [0, 0.1) is 41.4 Å². The van der Waals surface area contributed by atoms with Gasteiger partial charge in [-0.2, -0.15) is 0 Å². The van der Waals surface area contributed by atoms with Crippen LogP contribution in [0.5, 0.6) is 0 Å². The van der Waals surface area contributed by atoms with Gasteiger partial charge in [-0.3, -0.25) is 19.2 Å². The molecule has 0 aromatic heterocycles. The van der Waals surface area contributed by atoms with Crippen LogP contribution in [-0.4, -0.2) is 97.1 Å². The van der Waals surface area contributed by atoms with Crippen molar-refractivity contribution < 1.29 is 57.1 Å². The summed E-state index contributed by atoms with van der Waals surface area (Å²) in [6.45, 7) is 22.3. The number of ether oxygens (including phenoxy) is 8. The van der Waals surface area contributed by atoms with E-state index in [0.717, 1.165) is 51.4 Å². The maximum atomic E-state index is 13.7. The summed E-state index contributed by atoms with van der Waals surface area (Å²) in [6.07, 6.45) is 8.17.